The average Bonchev–Trinajstić information content (AvgIpc) is 3.35. The summed E-state index contributed by atoms with van der Waals surface area (Å²) in [7, 11) is 0. The molecule has 3 heterocycles. The van der Waals surface area contributed by atoms with E-state index in [0.29, 0.717) is 48.5 Å². The Balaban J connectivity index is 1.12. The lowest BCUT2D eigenvalue weighted by atomic mass is 10.2. The molecule has 2 amide bonds. The zero-order valence-corrected chi connectivity index (χ0v) is 18.9. The lowest BCUT2D eigenvalue weighted by Gasteiger charge is -2.37. The van der Waals surface area contributed by atoms with Gasteiger partial charge in [0.2, 0.25) is 17.2 Å². The summed E-state index contributed by atoms with van der Waals surface area (Å²) < 4.78 is 26.4. The Bertz CT molecular complexity index is 1200. The second-order valence-corrected chi connectivity index (χ2v) is 8.65. The number of piperazine rings is 1. The van der Waals surface area contributed by atoms with E-state index < -0.39 is 11.9 Å². The molecule has 0 unspecified atom stereocenters. The lowest BCUT2D eigenvalue weighted by molar-refractivity contribution is -0.145. The van der Waals surface area contributed by atoms with Crippen molar-refractivity contribution in [3.63, 3.8) is 0 Å². The van der Waals surface area contributed by atoms with Crippen LogP contribution in [0.1, 0.15) is 0 Å². The highest BCUT2D eigenvalue weighted by molar-refractivity contribution is 7.99. The third-order valence-electron chi connectivity index (χ3n) is 5.55. The van der Waals surface area contributed by atoms with Crippen molar-refractivity contribution in [3.8, 4) is 17.2 Å². The first-order valence-electron chi connectivity index (χ1n) is 10.7. The van der Waals surface area contributed by atoms with E-state index in [1.807, 2.05) is 12.1 Å². The van der Waals surface area contributed by atoms with Crippen LogP contribution in [0, 0.1) is 5.82 Å². The van der Waals surface area contributed by atoms with E-state index >= 15 is 0 Å². The molecular weight excluding hydrogens is 463 g/mol. The van der Waals surface area contributed by atoms with Crippen LogP contribution in [0.15, 0.2) is 53.7 Å². The van der Waals surface area contributed by atoms with Crippen LogP contribution in [0.3, 0.4) is 0 Å². The molecule has 1 fully saturated rings. The van der Waals surface area contributed by atoms with Crippen LogP contribution >= 0.6 is 11.8 Å². The Morgan fingerprint density at radius 3 is 2.59 bits per heavy atom. The van der Waals surface area contributed by atoms with Crippen molar-refractivity contribution in [2.75, 3.05) is 38.5 Å². The van der Waals surface area contributed by atoms with Gasteiger partial charge in [0.25, 0.3) is 5.91 Å². The third-order valence-corrected chi connectivity index (χ3v) is 6.45. The molecule has 0 saturated carbocycles. The highest BCUT2D eigenvalue weighted by Crippen LogP contribution is 2.31. The molecule has 0 bridgehead atoms. The minimum atomic E-state index is -0.700. The van der Waals surface area contributed by atoms with Crippen molar-refractivity contribution >= 4 is 23.6 Å². The third kappa shape index (κ3) is 4.67. The van der Waals surface area contributed by atoms with Crippen LogP contribution in [0.5, 0.6) is 11.5 Å². The summed E-state index contributed by atoms with van der Waals surface area (Å²) in [4.78, 5) is 29.0. The predicted molar refractivity (Wildman–Crippen MR) is 119 cm³/mol. The molecule has 1 aromatic heterocycles. The number of rotatable bonds is 5. The van der Waals surface area contributed by atoms with E-state index in [1.165, 1.54) is 28.6 Å². The number of benzene rings is 2. The number of tetrazole rings is 1. The van der Waals surface area contributed by atoms with Gasteiger partial charge >= 0.3 is 0 Å². The molecule has 10 nitrogen and oxygen atoms in total. The minimum absolute atomic E-state index is 0.0860. The summed E-state index contributed by atoms with van der Waals surface area (Å²) in [5.41, 5.74) is 0.476. The zero-order chi connectivity index (χ0) is 23.5. The number of hydrogen-bond donors (Lipinski definition) is 0. The van der Waals surface area contributed by atoms with E-state index in [2.05, 4.69) is 15.5 Å². The van der Waals surface area contributed by atoms with Gasteiger partial charge in [-0.1, -0.05) is 30.0 Å². The monoisotopic (exact) mass is 484 g/mol. The van der Waals surface area contributed by atoms with Crippen LogP contribution in [0.2, 0.25) is 0 Å². The van der Waals surface area contributed by atoms with Crippen LogP contribution in [0.25, 0.3) is 5.69 Å². The molecule has 0 N–H and O–H groups in total. The Labute approximate surface area is 198 Å². The van der Waals surface area contributed by atoms with Gasteiger partial charge in [-0.15, -0.1) is 5.10 Å². The number of nitrogens with zero attached hydrogens (tertiary/aromatic N) is 6. The zero-order valence-electron chi connectivity index (χ0n) is 18.0. The Hall–Kier alpha value is -3.67. The molecule has 176 valence electrons. The number of ether oxygens (including phenoxy) is 2. The van der Waals surface area contributed by atoms with Crippen molar-refractivity contribution in [1.29, 1.82) is 0 Å². The quantitative estimate of drug-likeness (QED) is 0.501. The van der Waals surface area contributed by atoms with Crippen LogP contribution in [0.4, 0.5) is 4.39 Å². The van der Waals surface area contributed by atoms with Crippen molar-refractivity contribution < 1.29 is 23.5 Å². The molecule has 1 saturated heterocycles. The highest BCUT2D eigenvalue weighted by atomic mass is 32.2. The Kier molecular flexibility index (Phi) is 6.30. The molecule has 3 aromatic rings. The van der Waals surface area contributed by atoms with Crippen LogP contribution in [-0.4, -0.2) is 86.5 Å². The van der Waals surface area contributed by atoms with Gasteiger partial charge < -0.3 is 19.3 Å². The number of amides is 2. The van der Waals surface area contributed by atoms with Crippen molar-refractivity contribution in [2.45, 2.75) is 11.3 Å². The topological polar surface area (TPSA) is 103 Å². The van der Waals surface area contributed by atoms with Crippen molar-refractivity contribution in [1.82, 2.24) is 30.0 Å². The largest absolute Gasteiger partial charge is 0.485 e. The van der Waals surface area contributed by atoms with Gasteiger partial charge in [0.15, 0.2) is 11.5 Å². The van der Waals surface area contributed by atoms with Gasteiger partial charge in [-0.05, 0) is 40.8 Å². The van der Waals surface area contributed by atoms with E-state index in [-0.39, 0.29) is 24.2 Å². The molecule has 12 heteroatoms. The second-order valence-electron chi connectivity index (χ2n) is 7.71. The summed E-state index contributed by atoms with van der Waals surface area (Å²) in [5, 5.41) is 11.8. The Morgan fingerprint density at radius 2 is 1.79 bits per heavy atom. The first-order chi connectivity index (χ1) is 16.6. The minimum Gasteiger partial charge on any atom is -0.485 e. The molecule has 2 aromatic carbocycles. The van der Waals surface area contributed by atoms with E-state index in [4.69, 9.17) is 9.47 Å². The fourth-order valence-corrected chi connectivity index (χ4v) is 4.57. The van der Waals surface area contributed by atoms with Crippen LogP contribution < -0.4 is 9.47 Å². The van der Waals surface area contributed by atoms with E-state index in [9.17, 15) is 14.0 Å². The normalized spacial score (nSPS) is 17.5. The maximum atomic E-state index is 13.5. The van der Waals surface area contributed by atoms with E-state index in [1.54, 1.807) is 34.1 Å². The molecular formula is C22H21FN6O4S. The number of para-hydroxylation sites is 2. The summed E-state index contributed by atoms with van der Waals surface area (Å²) in [6.45, 7) is 1.83. The fraction of sp³-hybridized carbons (Fsp3) is 0.318. The van der Waals surface area contributed by atoms with Gasteiger partial charge in [-0.2, -0.15) is 4.68 Å². The van der Waals surface area contributed by atoms with Gasteiger partial charge in [0, 0.05) is 26.2 Å². The maximum Gasteiger partial charge on any atom is 0.267 e. The molecule has 0 radical (unpaired) electrons. The molecule has 1 atom stereocenters. The molecule has 5 rings (SSSR count). The van der Waals surface area contributed by atoms with Crippen molar-refractivity contribution in [2.24, 2.45) is 0 Å². The molecule has 2 aliphatic rings. The van der Waals surface area contributed by atoms with Gasteiger partial charge in [0.1, 0.15) is 12.4 Å². The maximum absolute atomic E-state index is 13.5. The summed E-state index contributed by atoms with van der Waals surface area (Å²) in [6.07, 6.45) is -0.700. The average molecular weight is 485 g/mol. The smallest absolute Gasteiger partial charge is 0.267 e. The van der Waals surface area contributed by atoms with Crippen molar-refractivity contribution in [3.05, 3.63) is 54.3 Å². The fourth-order valence-electron chi connectivity index (χ4n) is 3.78. The number of carbonyl (C=O) groups is 2. The van der Waals surface area contributed by atoms with E-state index in [0.717, 1.165) is 0 Å². The van der Waals surface area contributed by atoms with Crippen LogP contribution in [-0.2, 0) is 9.59 Å². The molecule has 34 heavy (non-hydrogen) atoms. The number of aromatic nitrogens is 4. The van der Waals surface area contributed by atoms with Gasteiger partial charge in [-0.25, -0.2) is 4.39 Å². The van der Waals surface area contributed by atoms with Gasteiger partial charge in [-0.3, -0.25) is 9.59 Å². The summed E-state index contributed by atoms with van der Waals surface area (Å²) >= 11 is 1.18. The number of halogens is 1. The predicted octanol–water partition coefficient (Wildman–Crippen LogP) is 1.40. The molecule has 0 aliphatic carbocycles. The first kappa shape index (κ1) is 22.1. The number of hydrogen-bond acceptors (Lipinski definition) is 8. The molecule has 2 aliphatic heterocycles. The molecule has 0 spiro atoms. The standard InChI is InChI=1S/C22H21FN6O4S/c23-15-4-3-5-16(12-15)29-22(24-25-26-29)34-14-20(30)27-8-10-28(11-9-27)21(31)19-13-32-17-6-1-2-7-18(17)33-19/h1-7,12,19H,8-11,13-14H2/t19-/m1/s1. The lowest BCUT2D eigenvalue weighted by Crippen LogP contribution is -2.55. The second kappa shape index (κ2) is 9.67. The highest BCUT2D eigenvalue weighted by Gasteiger charge is 2.33. The number of thioether (sulfide) groups is 1. The first-order valence-corrected chi connectivity index (χ1v) is 11.7. The SMILES string of the molecule is O=C(CSc1nnnn1-c1cccc(F)c1)N1CCN(C(=O)[C@H]2COc3ccccc3O2)CC1. The number of fused-ring (bicyclic) bond motifs is 1. The Morgan fingerprint density at radius 1 is 1.03 bits per heavy atom. The summed E-state index contributed by atoms with van der Waals surface area (Å²) in [5.74, 6) is 0.672. The number of carbonyl (C=O) groups excluding carboxylic acids is 2. The summed E-state index contributed by atoms with van der Waals surface area (Å²) in [6, 6.07) is 13.1. The van der Waals surface area contributed by atoms with Gasteiger partial charge in [0.05, 0.1) is 11.4 Å².